The van der Waals surface area contributed by atoms with Gasteiger partial charge in [0.1, 0.15) is 5.75 Å². The Morgan fingerprint density at radius 1 is 1.36 bits per heavy atom. The summed E-state index contributed by atoms with van der Waals surface area (Å²) >= 11 is 0. The van der Waals surface area contributed by atoms with E-state index in [1.54, 1.807) is 0 Å². The first-order chi connectivity index (χ1) is 6.37. The Hall–Kier alpha value is -1.37. The second-order valence-electron chi connectivity index (χ2n) is 2.36. The molecule has 6 nitrogen and oxygen atoms in total. The highest BCUT2D eigenvalue weighted by molar-refractivity contribution is 7.87. The first kappa shape index (κ1) is 12.6. The number of carboxylic acid groups (broad SMARTS) is 1. The number of carbonyl (C=O) groups is 2. The summed E-state index contributed by atoms with van der Waals surface area (Å²) in [7, 11) is -3.94. The zero-order valence-corrected chi connectivity index (χ0v) is 8.12. The molecule has 0 aromatic rings. The average molecular weight is 222 g/mol. The molecule has 0 fully saturated rings. The summed E-state index contributed by atoms with van der Waals surface area (Å²) in [6, 6.07) is 0. The molecule has 1 N–H and O–H groups in total. The van der Waals surface area contributed by atoms with Gasteiger partial charge in [0.2, 0.25) is 0 Å². The third-order valence-corrected chi connectivity index (χ3v) is 2.17. The molecule has 0 heterocycles. The molecule has 0 unspecified atom stereocenters. The molecule has 0 aliphatic carbocycles. The van der Waals surface area contributed by atoms with Crippen LogP contribution < -0.4 is 0 Å². The largest absolute Gasteiger partial charge is 0.481 e. The predicted octanol–water partition coefficient (Wildman–Crippen LogP) is -0.0898. The van der Waals surface area contributed by atoms with Gasteiger partial charge in [0, 0.05) is 0 Å². The minimum Gasteiger partial charge on any atom is -0.481 e. The lowest BCUT2D eigenvalue weighted by molar-refractivity contribution is -0.142. The van der Waals surface area contributed by atoms with Gasteiger partial charge in [0.25, 0.3) is 0 Å². The molecule has 0 saturated heterocycles. The maximum Gasteiger partial charge on any atom is 0.322 e. The Bertz CT molecular complexity index is 328. The van der Waals surface area contributed by atoms with Gasteiger partial charge in [0.15, 0.2) is 0 Å². The van der Waals surface area contributed by atoms with Crippen molar-refractivity contribution in [2.24, 2.45) is 0 Å². The van der Waals surface area contributed by atoms with Crippen molar-refractivity contribution in [2.45, 2.75) is 12.8 Å². The summed E-state index contributed by atoms with van der Waals surface area (Å²) in [6.45, 7) is 3.16. The fourth-order valence-corrected chi connectivity index (χ4v) is 1.29. The number of hydrogen-bond donors (Lipinski definition) is 1. The van der Waals surface area contributed by atoms with E-state index in [1.165, 1.54) is 0 Å². The topological polar surface area (TPSA) is 97.7 Å². The molecule has 0 bridgehead atoms. The second-order valence-corrected chi connectivity index (χ2v) is 3.98. The number of rotatable bonds is 6. The van der Waals surface area contributed by atoms with Gasteiger partial charge < -0.3 is 9.29 Å². The number of hydrogen-bond acceptors (Lipinski definition) is 5. The zero-order chi connectivity index (χ0) is 11.2. The van der Waals surface area contributed by atoms with Crippen molar-refractivity contribution in [2.75, 3.05) is 5.75 Å². The van der Waals surface area contributed by atoms with Crippen molar-refractivity contribution in [3.8, 4) is 0 Å². The highest BCUT2D eigenvalue weighted by atomic mass is 32.2. The summed E-state index contributed by atoms with van der Waals surface area (Å²) in [5.41, 5.74) is 0. The SMILES string of the molecule is C=CCS(=O)(=O)OC(=O)CCC(=O)O. The van der Waals surface area contributed by atoms with Gasteiger partial charge in [-0.3, -0.25) is 9.59 Å². The van der Waals surface area contributed by atoms with Crippen LogP contribution in [-0.2, 0) is 23.9 Å². The molecule has 0 aromatic heterocycles. The Kier molecular flexibility index (Phi) is 4.85. The molecule has 80 valence electrons. The molecule has 14 heavy (non-hydrogen) atoms. The minimum absolute atomic E-state index is 0.456. The Morgan fingerprint density at radius 2 is 1.93 bits per heavy atom. The maximum absolute atomic E-state index is 10.8. The van der Waals surface area contributed by atoms with E-state index in [-0.39, 0.29) is 0 Å². The van der Waals surface area contributed by atoms with Crippen molar-refractivity contribution in [3.63, 3.8) is 0 Å². The third kappa shape index (κ3) is 6.18. The van der Waals surface area contributed by atoms with Gasteiger partial charge in [-0.2, -0.15) is 8.42 Å². The van der Waals surface area contributed by atoms with Crippen molar-refractivity contribution in [1.82, 2.24) is 0 Å². The van der Waals surface area contributed by atoms with E-state index in [9.17, 15) is 18.0 Å². The van der Waals surface area contributed by atoms with Gasteiger partial charge in [0.05, 0.1) is 12.8 Å². The standard InChI is InChI=1S/C7H10O6S/c1-2-5-14(11,12)13-7(10)4-3-6(8)9/h2H,1,3-5H2,(H,8,9). The van der Waals surface area contributed by atoms with Gasteiger partial charge in [-0.25, -0.2) is 0 Å². The van der Waals surface area contributed by atoms with Crippen LogP contribution in [0.2, 0.25) is 0 Å². The van der Waals surface area contributed by atoms with Gasteiger partial charge in [-0.05, 0) is 0 Å². The van der Waals surface area contributed by atoms with Crippen molar-refractivity contribution >= 4 is 22.1 Å². The van der Waals surface area contributed by atoms with E-state index < -0.39 is 40.7 Å². The quantitative estimate of drug-likeness (QED) is 0.498. The molecule has 0 aromatic carbocycles. The fraction of sp³-hybridized carbons (Fsp3) is 0.429. The summed E-state index contributed by atoms with van der Waals surface area (Å²) in [4.78, 5) is 20.8. The molecule has 7 heteroatoms. The van der Waals surface area contributed by atoms with Crippen LogP contribution in [0, 0.1) is 0 Å². The van der Waals surface area contributed by atoms with E-state index in [4.69, 9.17) is 5.11 Å². The van der Waals surface area contributed by atoms with Gasteiger partial charge in [-0.1, -0.05) is 6.08 Å². The van der Waals surface area contributed by atoms with E-state index in [2.05, 4.69) is 10.8 Å². The van der Waals surface area contributed by atoms with Gasteiger partial charge in [-0.15, -0.1) is 6.58 Å². The molecule has 0 aliphatic heterocycles. The van der Waals surface area contributed by atoms with E-state index in [0.717, 1.165) is 6.08 Å². The Balaban J connectivity index is 4.06. The lowest BCUT2D eigenvalue weighted by Crippen LogP contribution is -2.15. The average Bonchev–Trinajstić information content (AvgIpc) is 1.99. The smallest absolute Gasteiger partial charge is 0.322 e. The second kappa shape index (κ2) is 5.38. The fourth-order valence-electron chi connectivity index (χ4n) is 0.571. The molecule has 0 amide bonds. The molecule has 0 radical (unpaired) electrons. The third-order valence-electron chi connectivity index (χ3n) is 1.08. The first-order valence-corrected chi connectivity index (χ1v) is 5.23. The normalized spacial score (nSPS) is 10.6. The van der Waals surface area contributed by atoms with E-state index in [1.807, 2.05) is 0 Å². The van der Waals surface area contributed by atoms with Crippen molar-refractivity contribution in [1.29, 1.82) is 0 Å². The predicted molar refractivity (Wildman–Crippen MR) is 46.9 cm³/mol. The zero-order valence-electron chi connectivity index (χ0n) is 7.30. The van der Waals surface area contributed by atoms with Crippen LogP contribution in [0.3, 0.4) is 0 Å². The lowest BCUT2D eigenvalue weighted by Gasteiger charge is -2.01. The van der Waals surface area contributed by atoms with Crippen LogP contribution in [0.5, 0.6) is 0 Å². The molecular formula is C7H10O6S. The van der Waals surface area contributed by atoms with Crippen molar-refractivity contribution in [3.05, 3.63) is 12.7 Å². The molecule has 0 atom stereocenters. The number of carboxylic acids is 1. The van der Waals surface area contributed by atoms with Crippen LogP contribution in [0.25, 0.3) is 0 Å². The van der Waals surface area contributed by atoms with Crippen LogP contribution >= 0.6 is 0 Å². The van der Waals surface area contributed by atoms with Gasteiger partial charge >= 0.3 is 22.1 Å². The molecule has 0 saturated carbocycles. The maximum atomic E-state index is 10.8. The molecular weight excluding hydrogens is 212 g/mol. The Morgan fingerprint density at radius 3 is 2.36 bits per heavy atom. The van der Waals surface area contributed by atoms with Crippen molar-refractivity contribution < 1.29 is 27.3 Å². The first-order valence-electron chi connectivity index (χ1n) is 3.65. The minimum atomic E-state index is -3.94. The molecule has 0 aliphatic rings. The number of aliphatic carboxylic acids is 1. The summed E-state index contributed by atoms with van der Waals surface area (Å²) in [5, 5.41) is 8.19. The molecule has 0 rings (SSSR count). The summed E-state index contributed by atoms with van der Waals surface area (Å²) < 4.78 is 25.7. The van der Waals surface area contributed by atoms with E-state index >= 15 is 0 Å². The van der Waals surface area contributed by atoms with Crippen LogP contribution in [0.4, 0.5) is 0 Å². The lowest BCUT2D eigenvalue weighted by atomic mass is 10.3. The summed E-state index contributed by atoms with van der Waals surface area (Å²) in [5.74, 6) is -2.75. The monoisotopic (exact) mass is 222 g/mol. The Labute approximate surface area is 81.3 Å². The molecule has 0 spiro atoms. The van der Waals surface area contributed by atoms with Crippen LogP contribution in [0.15, 0.2) is 12.7 Å². The number of carbonyl (C=O) groups excluding carboxylic acids is 1. The highest BCUT2D eigenvalue weighted by Crippen LogP contribution is 1.99. The summed E-state index contributed by atoms with van der Waals surface area (Å²) in [6.07, 6.45) is 0.147. The van der Waals surface area contributed by atoms with E-state index in [0.29, 0.717) is 0 Å². The van der Waals surface area contributed by atoms with Crippen LogP contribution in [-0.4, -0.2) is 31.2 Å². The van der Waals surface area contributed by atoms with Crippen LogP contribution in [0.1, 0.15) is 12.8 Å². The highest BCUT2D eigenvalue weighted by Gasteiger charge is 2.15.